The third-order valence-corrected chi connectivity index (χ3v) is 4.17. The summed E-state index contributed by atoms with van der Waals surface area (Å²) in [6.07, 6.45) is 1.66. The first-order valence-corrected chi connectivity index (χ1v) is 6.80. The van der Waals surface area contributed by atoms with Crippen LogP contribution in [0.15, 0.2) is 22.7 Å². The lowest BCUT2D eigenvalue weighted by atomic mass is 9.95. The Hall–Kier alpha value is -1.67. The predicted octanol–water partition coefficient (Wildman–Crippen LogP) is 1.33. The van der Waals surface area contributed by atoms with E-state index in [9.17, 15) is 14.9 Å². The number of ether oxygens (including phenoxy) is 1. The number of halogens is 1. The third-order valence-electron chi connectivity index (χ3n) is 3.37. The van der Waals surface area contributed by atoms with Crippen LogP contribution in [0.3, 0.4) is 0 Å². The molecule has 1 aliphatic rings. The Morgan fingerprint density at radius 3 is 2.70 bits per heavy atom. The van der Waals surface area contributed by atoms with Crippen molar-refractivity contribution in [1.82, 2.24) is 0 Å². The van der Waals surface area contributed by atoms with Gasteiger partial charge in [-0.3, -0.25) is 14.9 Å². The Morgan fingerprint density at radius 1 is 1.55 bits per heavy atom. The van der Waals surface area contributed by atoms with Gasteiger partial charge in [0.05, 0.1) is 4.92 Å². The Morgan fingerprint density at radius 2 is 2.20 bits per heavy atom. The molecule has 1 fully saturated rings. The number of nitro benzene ring substituents is 1. The number of rotatable bonds is 6. The number of nitrogens with two attached hydrogens (primary N) is 2. The van der Waals surface area contributed by atoms with E-state index in [0.717, 1.165) is 12.8 Å². The van der Waals surface area contributed by atoms with Crippen LogP contribution in [0, 0.1) is 16.0 Å². The monoisotopic (exact) mass is 343 g/mol. The fraction of sp³-hybridized carbons (Fsp3) is 0.417. The molecule has 1 aliphatic carbocycles. The predicted molar refractivity (Wildman–Crippen MR) is 75.1 cm³/mol. The van der Waals surface area contributed by atoms with Crippen molar-refractivity contribution in [2.45, 2.75) is 18.4 Å². The molecule has 1 aromatic carbocycles. The summed E-state index contributed by atoms with van der Waals surface area (Å²) < 4.78 is 5.69. The second-order valence-corrected chi connectivity index (χ2v) is 5.61. The van der Waals surface area contributed by atoms with Gasteiger partial charge in [0.1, 0.15) is 22.4 Å². The van der Waals surface area contributed by atoms with Crippen molar-refractivity contribution in [3.63, 3.8) is 0 Å². The fourth-order valence-corrected chi connectivity index (χ4v) is 2.46. The summed E-state index contributed by atoms with van der Waals surface area (Å²) in [6, 6.07) is 4.41. The zero-order chi connectivity index (χ0) is 14.9. The average Bonchev–Trinajstić information content (AvgIpc) is 3.21. The standard InChI is InChI=1S/C12H14BrN3O4/c13-10-8(16(18)19)2-1-3-9(10)20-6-12(15,11(14)17)7-4-5-7/h1-3,7H,4-6,15H2,(H2,14,17). The lowest BCUT2D eigenvalue weighted by Crippen LogP contribution is -2.58. The maximum Gasteiger partial charge on any atom is 0.287 e. The highest BCUT2D eigenvalue weighted by Crippen LogP contribution is 2.39. The van der Waals surface area contributed by atoms with Crippen LogP contribution >= 0.6 is 15.9 Å². The molecule has 108 valence electrons. The average molecular weight is 344 g/mol. The van der Waals surface area contributed by atoms with Gasteiger partial charge in [-0.1, -0.05) is 6.07 Å². The number of hydrogen-bond acceptors (Lipinski definition) is 5. The van der Waals surface area contributed by atoms with Crippen LogP contribution in [0.2, 0.25) is 0 Å². The lowest BCUT2D eigenvalue weighted by molar-refractivity contribution is -0.385. The maximum atomic E-state index is 11.5. The summed E-state index contributed by atoms with van der Waals surface area (Å²) in [4.78, 5) is 21.8. The molecular weight excluding hydrogens is 330 g/mol. The van der Waals surface area contributed by atoms with Gasteiger partial charge < -0.3 is 16.2 Å². The zero-order valence-electron chi connectivity index (χ0n) is 10.5. The zero-order valence-corrected chi connectivity index (χ0v) is 12.1. The first kappa shape index (κ1) is 14.7. The summed E-state index contributed by atoms with van der Waals surface area (Å²) in [5.41, 5.74) is 9.97. The minimum Gasteiger partial charge on any atom is -0.490 e. The van der Waals surface area contributed by atoms with E-state index in [2.05, 4.69) is 15.9 Å². The molecule has 1 amide bonds. The number of nitro groups is 1. The highest BCUT2D eigenvalue weighted by molar-refractivity contribution is 9.10. The van der Waals surface area contributed by atoms with Gasteiger partial charge in [0, 0.05) is 6.07 Å². The molecule has 7 nitrogen and oxygen atoms in total. The molecule has 0 radical (unpaired) electrons. The highest BCUT2D eigenvalue weighted by atomic mass is 79.9. The molecule has 20 heavy (non-hydrogen) atoms. The fourth-order valence-electron chi connectivity index (χ4n) is 1.94. The summed E-state index contributed by atoms with van der Waals surface area (Å²) in [5.74, 6) is -0.352. The van der Waals surface area contributed by atoms with Crippen molar-refractivity contribution >= 4 is 27.5 Å². The number of carbonyl (C=O) groups excluding carboxylic acids is 1. The Kier molecular flexibility index (Phi) is 3.96. The molecule has 1 atom stereocenters. The second-order valence-electron chi connectivity index (χ2n) is 4.81. The quantitative estimate of drug-likeness (QED) is 0.595. The lowest BCUT2D eigenvalue weighted by Gasteiger charge is -2.25. The molecule has 4 N–H and O–H groups in total. The summed E-state index contributed by atoms with van der Waals surface area (Å²) in [7, 11) is 0. The van der Waals surface area contributed by atoms with Crippen LogP contribution in [-0.2, 0) is 4.79 Å². The molecule has 0 aromatic heterocycles. The van der Waals surface area contributed by atoms with Crippen LogP contribution in [-0.4, -0.2) is 23.0 Å². The van der Waals surface area contributed by atoms with Gasteiger partial charge in [0.15, 0.2) is 0 Å². The van der Waals surface area contributed by atoms with Gasteiger partial charge in [0.2, 0.25) is 5.91 Å². The topological polar surface area (TPSA) is 121 Å². The summed E-state index contributed by atoms with van der Waals surface area (Å²) in [6.45, 7) is -0.104. The van der Waals surface area contributed by atoms with Crippen LogP contribution < -0.4 is 16.2 Å². The molecule has 1 saturated carbocycles. The van der Waals surface area contributed by atoms with Crippen molar-refractivity contribution in [1.29, 1.82) is 0 Å². The van der Waals surface area contributed by atoms with E-state index < -0.39 is 16.4 Å². The first-order valence-electron chi connectivity index (χ1n) is 6.00. The van der Waals surface area contributed by atoms with E-state index in [1.165, 1.54) is 12.1 Å². The van der Waals surface area contributed by atoms with Gasteiger partial charge in [-0.05, 0) is 40.8 Å². The Balaban J connectivity index is 2.16. The summed E-state index contributed by atoms with van der Waals surface area (Å²) in [5, 5.41) is 10.8. The van der Waals surface area contributed by atoms with E-state index in [4.69, 9.17) is 16.2 Å². The molecule has 0 spiro atoms. The number of primary amides is 1. The Bertz CT molecular complexity index is 562. The molecule has 1 aromatic rings. The van der Waals surface area contributed by atoms with Crippen molar-refractivity contribution < 1.29 is 14.5 Å². The number of hydrogen-bond donors (Lipinski definition) is 2. The van der Waals surface area contributed by atoms with Gasteiger partial charge in [-0.15, -0.1) is 0 Å². The minimum atomic E-state index is -1.23. The van der Waals surface area contributed by atoms with Gasteiger partial charge in [0.25, 0.3) is 5.69 Å². The molecule has 1 unspecified atom stereocenters. The van der Waals surface area contributed by atoms with Gasteiger partial charge in [-0.2, -0.15) is 0 Å². The smallest absolute Gasteiger partial charge is 0.287 e. The SMILES string of the molecule is NC(=O)C(N)(COc1cccc([N+](=O)[O-])c1Br)C1CC1. The van der Waals surface area contributed by atoms with Gasteiger partial charge in [-0.25, -0.2) is 0 Å². The van der Waals surface area contributed by atoms with Crippen molar-refractivity contribution in [3.8, 4) is 5.75 Å². The van der Waals surface area contributed by atoms with Crippen molar-refractivity contribution in [2.24, 2.45) is 17.4 Å². The second kappa shape index (κ2) is 5.37. The van der Waals surface area contributed by atoms with E-state index in [0.29, 0.717) is 0 Å². The van der Waals surface area contributed by atoms with Crippen LogP contribution in [0.25, 0.3) is 0 Å². The third kappa shape index (κ3) is 2.75. The number of nitrogens with zero attached hydrogens (tertiary/aromatic N) is 1. The van der Waals surface area contributed by atoms with Crippen LogP contribution in [0.4, 0.5) is 5.69 Å². The molecular formula is C12H14BrN3O4. The van der Waals surface area contributed by atoms with Crippen LogP contribution in [0.1, 0.15) is 12.8 Å². The molecule has 0 saturated heterocycles. The van der Waals surface area contributed by atoms with Crippen molar-refractivity contribution in [2.75, 3.05) is 6.61 Å². The normalized spacial score (nSPS) is 17.3. The van der Waals surface area contributed by atoms with E-state index in [-0.39, 0.29) is 28.4 Å². The van der Waals surface area contributed by atoms with E-state index >= 15 is 0 Å². The number of benzene rings is 1. The maximum absolute atomic E-state index is 11.5. The van der Waals surface area contributed by atoms with Gasteiger partial charge >= 0.3 is 0 Å². The summed E-state index contributed by atoms with van der Waals surface area (Å²) >= 11 is 3.12. The largest absolute Gasteiger partial charge is 0.490 e. The number of carbonyl (C=O) groups is 1. The van der Waals surface area contributed by atoms with E-state index in [1.807, 2.05) is 0 Å². The molecule has 8 heteroatoms. The minimum absolute atomic E-state index is 0.0115. The molecule has 0 heterocycles. The molecule has 0 aliphatic heterocycles. The molecule has 0 bridgehead atoms. The number of amides is 1. The highest BCUT2D eigenvalue weighted by Gasteiger charge is 2.47. The first-order chi connectivity index (χ1) is 9.36. The Labute approximate surface area is 123 Å². The van der Waals surface area contributed by atoms with E-state index in [1.54, 1.807) is 6.07 Å². The van der Waals surface area contributed by atoms with Crippen LogP contribution in [0.5, 0.6) is 5.75 Å². The molecule has 2 rings (SSSR count). The van der Waals surface area contributed by atoms with Crippen molar-refractivity contribution in [3.05, 3.63) is 32.8 Å².